The van der Waals surface area contributed by atoms with E-state index in [0.717, 1.165) is 11.6 Å². The van der Waals surface area contributed by atoms with Crippen LogP contribution in [-0.4, -0.2) is 24.5 Å². The third-order valence-electron chi connectivity index (χ3n) is 4.77. The molecular weight excluding hydrogens is 444 g/mol. The number of anilines is 1. The van der Waals surface area contributed by atoms with Gasteiger partial charge in [-0.3, -0.25) is 4.72 Å². The Morgan fingerprint density at radius 1 is 1.00 bits per heavy atom. The zero-order valence-corrected chi connectivity index (χ0v) is 18.1. The number of fused-ring (bicyclic) bond motifs is 1. The Morgan fingerprint density at radius 2 is 1.70 bits per heavy atom. The van der Waals surface area contributed by atoms with Gasteiger partial charge in [-0.25, -0.2) is 18.2 Å². The van der Waals surface area contributed by atoms with Gasteiger partial charge in [-0.15, -0.1) is 10.2 Å². The molecule has 4 rings (SSSR count). The topological polar surface area (TPSA) is 144 Å². The number of azo groups is 1. The maximum atomic E-state index is 13.2. The number of nitrogens with zero attached hydrogens (tertiary/aromatic N) is 3. The molecule has 0 fully saturated rings. The van der Waals surface area contributed by atoms with Crippen molar-refractivity contribution in [3.8, 4) is 5.75 Å². The number of carboxylic acids is 1. The van der Waals surface area contributed by atoms with Crippen LogP contribution in [0.15, 0.2) is 88.1 Å². The Kier molecular flexibility index (Phi) is 5.76. The zero-order valence-electron chi connectivity index (χ0n) is 17.3. The summed E-state index contributed by atoms with van der Waals surface area (Å²) in [6.07, 6.45) is 1.55. The second kappa shape index (κ2) is 8.67. The maximum Gasteiger partial charge on any atom is 0.335 e. The Bertz CT molecular complexity index is 1500. The minimum absolute atomic E-state index is 0.0200. The molecule has 3 aromatic carbocycles. The lowest BCUT2D eigenvalue weighted by Gasteiger charge is -2.17. The number of carbonyl (C=O) groups is 1. The molecule has 0 saturated carbocycles. The first-order valence-electron chi connectivity index (χ1n) is 9.68. The highest BCUT2D eigenvalue weighted by atomic mass is 32.2. The van der Waals surface area contributed by atoms with Crippen LogP contribution in [0.25, 0.3) is 10.8 Å². The third kappa shape index (κ3) is 4.65. The van der Waals surface area contributed by atoms with Crippen molar-refractivity contribution in [2.75, 3.05) is 4.72 Å². The van der Waals surface area contributed by atoms with Crippen molar-refractivity contribution in [2.45, 2.75) is 11.8 Å². The lowest BCUT2D eigenvalue weighted by molar-refractivity contribution is -0.264. The Balaban J connectivity index is 1.79. The van der Waals surface area contributed by atoms with E-state index in [1.807, 2.05) is 6.92 Å². The molecule has 0 spiro atoms. The number of sulfonamides is 1. The summed E-state index contributed by atoms with van der Waals surface area (Å²) in [6.45, 7) is 1.86. The molecule has 9 nitrogen and oxygen atoms in total. The molecule has 0 aliphatic rings. The van der Waals surface area contributed by atoms with E-state index in [0.29, 0.717) is 0 Å². The van der Waals surface area contributed by atoms with Crippen LogP contribution in [0.4, 0.5) is 17.2 Å². The van der Waals surface area contributed by atoms with Gasteiger partial charge in [0.25, 0.3) is 10.0 Å². The normalized spacial score (nSPS) is 11.7. The van der Waals surface area contributed by atoms with Crippen molar-refractivity contribution in [1.82, 2.24) is 4.98 Å². The van der Waals surface area contributed by atoms with Gasteiger partial charge in [-0.2, -0.15) is 0 Å². The standard InChI is InChI=1S/C23H18N4O5S/c1-14-10-11-24-21(12-14)26-25-19-13-20(17-4-2-3-5-18(17)22(19)28)33(31,32)27-16-8-6-15(7-9-16)23(29)30/h2-13,27-28H,1H3,(H,29,30)/p-1. The second-order valence-corrected chi connectivity index (χ2v) is 8.80. The van der Waals surface area contributed by atoms with E-state index >= 15 is 0 Å². The van der Waals surface area contributed by atoms with E-state index in [-0.39, 0.29) is 38.4 Å². The van der Waals surface area contributed by atoms with Crippen LogP contribution in [0, 0.1) is 6.92 Å². The van der Waals surface area contributed by atoms with Crippen LogP contribution in [0.1, 0.15) is 15.9 Å². The number of pyridine rings is 1. The van der Waals surface area contributed by atoms with Gasteiger partial charge in [0, 0.05) is 17.3 Å². The van der Waals surface area contributed by atoms with E-state index < -0.39 is 21.7 Å². The fourth-order valence-electron chi connectivity index (χ4n) is 3.17. The minimum Gasteiger partial charge on any atom is -0.871 e. The molecule has 10 heteroatoms. The molecule has 0 atom stereocenters. The monoisotopic (exact) mass is 461 g/mol. The summed E-state index contributed by atoms with van der Waals surface area (Å²) in [5.74, 6) is -1.31. The van der Waals surface area contributed by atoms with Crippen LogP contribution < -0.4 is 9.83 Å². The molecule has 0 radical (unpaired) electrons. The number of aromatic nitrogens is 1. The first-order valence-corrected chi connectivity index (χ1v) is 11.2. The van der Waals surface area contributed by atoms with Gasteiger partial charge in [-0.1, -0.05) is 30.0 Å². The number of benzene rings is 3. The van der Waals surface area contributed by atoms with Crippen LogP contribution >= 0.6 is 0 Å². The Morgan fingerprint density at radius 3 is 2.36 bits per heavy atom. The average Bonchev–Trinajstić information content (AvgIpc) is 2.79. The molecule has 1 heterocycles. The summed E-state index contributed by atoms with van der Waals surface area (Å²) in [5.41, 5.74) is 0.939. The molecule has 1 aromatic heterocycles. The predicted molar refractivity (Wildman–Crippen MR) is 121 cm³/mol. The molecule has 33 heavy (non-hydrogen) atoms. The van der Waals surface area contributed by atoms with Gasteiger partial charge in [0.05, 0.1) is 16.1 Å². The molecule has 2 N–H and O–H groups in total. The van der Waals surface area contributed by atoms with Gasteiger partial charge in [0.15, 0.2) is 5.82 Å². The Labute approximate surface area is 189 Å². The number of aryl methyl sites for hydroxylation is 1. The number of aromatic carboxylic acids is 1. The van der Waals surface area contributed by atoms with Crippen LogP contribution in [0.3, 0.4) is 0 Å². The van der Waals surface area contributed by atoms with Gasteiger partial charge < -0.3 is 10.2 Å². The van der Waals surface area contributed by atoms with Gasteiger partial charge in [-0.05, 0) is 60.3 Å². The summed E-state index contributed by atoms with van der Waals surface area (Å²) >= 11 is 0. The fourth-order valence-corrected chi connectivity index (χ4v) is 4.46. The van der Waals surface area contributed by atoms with Crippen molar-refractivity contribution in [1.29, 1.82) is 0 Å². The average molecular weight is 461 g/mol. The first kappa shape index (κ1) is 21.9. The molecule has 0 unspecified atom stereocenters. The quantitative estimate of drug-likeness (QED) is 0.404. The smallest absolute Gasteiger partial charge is 0.335 e. The fraction of sp³-hybridized carbons (Fsp3) is 0.0435. The van der Waals surface area contributed by atoms with Crippen LogP contribution in [-0.2, 0) is 10.0 Å². The third-order valence-corrected chi connectivity index (χ3v) is 6.19. The summed E-state index contributed by atoms with van der Waals surface area (Å²) < 4.78 is 28.8. The van der Waals surface area contributed by atoms with E-state index in [4.69, 9.17) is 5.11 Å². The van der Waals surface area contributed by atoms with Crippen LogP contribution in [0.2, 0.25) is 0 Å². The largest absolute Gasteiger partial charge is 0.871 e. The molecule has 0 saturated heterocycles. The maximum absolute atomic E-state index is 13.2. The first-order chi connectivity index (χ1) is 15.7. The molecule has 0 aliphatic heterocycles. The predicted octanol–water partition coefficient (Wildman–Crippen LogP) is 4.53. The number of hydrogen-bond acceptors (Lipinski definition) is 7. The van der Waals surface area contributed by atoms with E-state index in [2.05, 4.69) is 19.9 Å². The van der Waals surface area contributed by atoms with Crippen molar-refractivity contribution < 1.29 is 23.4 Å². The minimum atomic E-state index is -4.16. The highest BCUT2D eigenvalue weighted by Gasteiger charge is 2.20. The van der Waals surface area contributed by atoms with Crippen molar-refractivity contribution in [3.05, 3.63) is 84.1 Å². The molecule has 4 aromatic rings. The second-order valence-electron chi connectivity index (χ2n) is 7.15. The number of carboxylic acid groups (broad SMARTS) is 1. The number of rotatable bonds is 6. The highest BCUT2D eigenvalue weighted by Crippen LogP contribution is 2.38. The molecule has 0 aliphatic carbocycles. The molecule has 0 bridgehead atoms. The summed E-state index contributed by atoms with van der Waals surface area (Å²) in [7, 11) is -4.16. The van der Waals surface area contributed by atoms with Gasteiger partial charge in [0.1, 0.15) is 0 Å². The lowest BCUT2D eigenvalue weighted by atomic mass is 10.1. The molecule has 166 valence electrons. The number of nitrogens with one attached hydrogen (secondary N) is 1. The van der Waals surface area contributed by atoms with Crippen molar-refractivity contribution >= 4 is 44.0 Å². The van der Waals surface area contributed by atoms with Crippen molar-refractivity contribution in [3.63, 3.8) is 0 Å². The summed E-state index contributed by atoms with van der Waals surface area (Å²) in [6, 6.07) is 16.2. The van der Waals surface area contributed by atoms with Crippen molar-refractivity contribution in [2.24, 2.45) is 10.2 Å². The lowest BCUT2D eigenvalue weighted by Crippen LogP contribution is -2.14. The highest BCUT2D eigenvalue weighted by molar-refractivity contribution is 7.93. The van der Waals surface area contributed by atoms with Gasteiger partial charge in [0.2, 0.25) is 0 Å². The summed E-state index contributed by atoms with van der Waals surface area (Å²) in [4.78, 5) is 14.9. The van der Waals surface area contributed by atoms with E-state index in [1.54, 1.807) is 30.5 Å². The van der Waals surface area contributed by atoms with E-state index in [1.165, 1.54) is 36.4 Å². The van der Waals surface area contributed by atoms with Crippen LogP contribution in [0.5, 0.6) is 5.75 Å². The number of hydrogen-bond donors (Lipinski definition) is 2. The SMILES string of the molecule is Cc1ccnc(N=Nc2cc(S(=O)(=O)Nc3ccc(C(=O)O)cc3)c3ccccc3c2[O-])c1. The Hall–Kier alpha value is -4.31. The van der Waals surface area contributed by atoms with E-state index in [9.17, 15) is 18.3 Å². The molecule has 0 amide bonds. The van der Waals surface area contributed by atoms with Gasteiger partial charge >= 0.3 is 5.97 Å². The zero-order chi connectivity index (χ0) is 23.6. The summed E-state index contributed by atoms with van der Waals surface area (Å²) in [5, 5.41) is 30.3. The molecular formula is C23H17N4O5S-.